The zero-order chi connectivity index (χ0) is 15.2. The van der Waals surface area contributed by atoms with Gasteiger partial charge in [0.15, 0.2) is 0 Å². The van der Waals surface area contributed by atoms with Crippen molar-refractivity contribution in [3.63, 3.8) is 0 Å². The quantitative estimate of drug-likeness (QED) is 0.717. The van der Waals surface area contributed by atoms with Gasteiger partial charge in [0, 0.05) is 0 Å². The van der Waals surface area contributed by atoms with Crippen LogP contribution in [0.25, 0.3) is 0 Å². The maximum atomic E-state index is 11.3. The SMILES string of the molecule is CNC(C)(CCCCOc1cc(C)cc(C)c1)C(N)=O. The van der Waals surface area contributed by atoms with Crippen LogP contribution in [0.1, 0.15) is 37.3 Å². The molecule has 0 radical (unpaired) electrons. The molecule has 1 aromatic carbocycles. The van der Waals surface area contributed by atoms with Gasteiger partial charge in [0.25, 0.3) is 0 Å². The minimum Gasteiger partial charge on any atom is -0.494 e. The summed E-state index contributed by atoms with van der Waals surface area (Å²) in [5, 5.41) is 2.99. The second kappa shape index (κ2) is 7.29. The van der Waals surface area contributed by atoms with Crippen molar-refractivity contribution in [1.29, 1.82) is 0 Å². The first-order chi connectivity index (χ1) is 9.37. The van der Waals surface area contributed by atoms with E-state index in [4.69, 9.17) is 10.5 Å². The van der Waals surface area contributed by atoms with Crippen LogP contribution in [0.3, 0.4) is 0 Å². The number of aryl methyl sites for hydroxylation is 2. The number of carbonyl (C=O) groups excluding carboxylic acids is 1. The molecule has 1 atom stereocenters. The fourth-order valence-corrected chi connectivity index (χ4v) is 2.16. The number of likely N-dealkylation sites (N-methyl/N-ethyl adjacent to an activating group) is 1. The number of primary amides is 1. The summed E-state index contributed by atoms with van der Waals surface area (Å²) >= 11 is 0. The second-order valence-electron chi connectivity index (χ2n) is 5.58. The van der Waals surface area contributed by atoms with Gasteiger partial charge >= 0.3 is 0 Å². The van der Waals surface area contributed by atoms with Crippen LogP contribution in [0.15, 0.2) is 18.2 Å². The first-order valence-corrected chi connectivity index (χ1v) is 7.07. The summed E-state index contributed by atoms with van der Waals surface area (Å²) in [6, 6.07) is 6.19. The molecule has 0 aliphatic heterocycles. The Kier molecular flexibility index (Phi) is 6.02. The fraction of sp³-hybridized carbons (Fsp3) is 0.562. The Labute approximate surface area is 121 Å². The number of carbonyl (C=O) groups is 1. The summed E-state index contributed by atoms with van der Waals surface area (Å²) in [7, 11) is 1.76. The number of benzene rings is 1. The Hall–Kier alpha value is -1.55. The molecule has 1 aromatic rings. The lowest BCUT2D eigenvalue weighted by Gasteiger charge is -2.25. The van der Waals surface area contributed by atoms with Crippen LogP contribution in [-0.2, 0) is 4.79 Å². The molecule has 4 heteroatoms. The Morgan fingerprint density at radius 1 is 1.25 bits per heavy atom. The van der Waals surface area contributed by atoms with E-state index < -0.39 is 5.54 Å². The number of ether oxygens (including phenoxy) is 1. The van der Waals surface area contributed by atoms with Crippen molar-refractivity contribution in [3.05, 3.63) is 29.3 Å². The molecule has 0 aliphatic carbocycles. The molecule has 0 saturated heterocycles. The van der Waals surface area contributed by atoms with Gasteiger partial charge in [-0.05, 0) is 70.3 Å². The molecule has 0 aliphatic rings. The highest BCUT2D eigenvalue weighted by Crippen LogP contribution is 2.17. The number of nitrogens with one attached hydrogen (secondary N) is 1. The van der Waals surface area contributed by atoms with Crippen molar-refractivity contribution >= 4 is 5.91 Å². The van der Waals surface area contributed by atoms with E-state index >= 15 is 0 Å². The Bertz CT molecular complexity index is 440. The molecule has 112 valence electrons. The highest BCUT2D eigenvalue weighted by atomic mass is 16.5. The summed E-state index contributed by atoms with van der Waals surface area (Å²) in [5.74, 6) is 0.601. The summed E-state index contributed by atoms with van der Waals surface area (Å²) < 4.78 is 5.74. The lowest BCUT2D eigenvalue weighted by atomic mass is 9.94. The van der Waals surface area contributed by atoms with Crippen LogP contribution in [0.2, 0.25) is 0 Å². The van der Waals surface area contributed by atoms with Gasteiger partial charge in [-0.3, -0.25) is 4.79 Å². The third kappa shape index (κ3) is 4.85. The fourth-order valence-electron chi connectivity index (χ4n) is 2.16. The van der Waals surface area contributed by atoms with Gasteiger partial charge < -0.3 is 15.8 Å². The Balaban J connectivity index is 2.33. The van der Waals surface area contributed by atoms with Crippen LogP contribution >= 0.6 is 0 Å². The molecular weight excluding hydrogens is 252 g/mol. The van der Waals surface area contributed by atoms with Crippen LogP contribution in [0, 0.1) is 13.8 Å². The van der Waals surface area contributed by atoms with Gasteiger partial charge in [-0.2, -0.15) is 0 Å². The van der Waals surface area contributed by atoms with E-state index in [1.165, 1.54) is 11.1 Å². The summed E-state index contributed by atoms with van der Waals surface area (Å²) in [6.07, 6.45) is 2.51. The summed E-state index contributed by atoms with van der Waals surface area (Å²) in [4.78, 5) is 11.3. The Morgan fingerprint density at radius 3 is 2.35 bits per heavy atom. The summed E-state index contributed by atoms with van der Waals surface area (Å²) in [5.41, 5.74) is 7.17. The molecule has 0 heterocycles. The smallest absolute Gasteiger partial charge is 0.237 e. The third-order valence-electron chi connectivity index (χ3n) is 3.63. The van der Waals surface area contributed by atoms with Crippen LogP contribution in [0.5, 0.6) is 5.75 Å². The van der Waals surface area contributed by atoms with Gasteiger partial charge in [0.05, 0.1) is 12.1 Å². The molecule has 1 unspecified atom stereocenters. The molecule has 0 saturated carbocycles. The van der Waals surface area contributed by atoms with Gasteiger partial charge in [-0.1, -0.05) is 6.07 Å². The third-order valence-corrected chi connectivity index (χ3v) is 3.63. The molecule has 3 N–H and O–H groups in total. The molecule has 1 rings (SSSR count). The van der Waals surface area contributed by atoms with Crippen LogP contribution in [-0.4, -0.2) is 25.1 Å². The topological polar surface area (TPSA) is 64.3 Å². The molecule has 0 aromatic heterocycles. The number of rotatable bonds is 8. The molecule has 20 heavy (non-hydrogen) atoms. The minimum atomic E-state index is -0.625. The molecule has 1 amide bonds. The van der Waals surface area contributed by atoms with Crippen molar-refractivity contribution in [2.24, 2.45) is 5.73 Å². The molecular formula is C16H26N2O2. The number of nitrogens with two attached hydrogens (primary N) is 1. The predicted octanol–water partition coefficient (Wildman–Crippen LogP) is 2.32. The van der Waals surface area contributed by atoms with Crippen molar-refractivity contribution in [2.75, 3.05) is 13.7 Å². The maximum absolute atomic E-state index is 11.3. The van der Waals surface area contributed by atoms with Crippen molar-refractivity contribution in [1.82, 2.24) is 5.32 Å². The highest BCUT2D eigenvalue weighted by Gasteiger charge is 2.27. The van der Waals surface area contributed by atoms with Crippen molar-refractivity contribution < 1.29 is 9.53 Å². The summed E-state index contributed by atoms with van der Waals surface area (Å²) in [6.45, 7) is 6.61. The van der Waals surface area contributed by atoms with E-state index in [2.05, 4.69) is 25.2 Å². The van der Waals surface area contributed by atoms with Gasteiger partial charge in [0.1, 0.15) is 5.75 Å². The zero-order valence-corrected chi connectivity index (χ0v) is 13.0. The number of amides is 1. The number of hydrogen-bond donors (Lipinski definition) is 2. The van der Waals surface area contributed by atoms with E-state index in [1.54, 1.807) is 7.05 Å². The van der Waals surface area contributed by atoms with E-state index in [9.17, 15) is 4.79 Å². The molecule has 0 bridgehead atoms. The lowest BCUT2D eigenvalue weighted by molar-refractivity contribution is -0.123. The average Bonchev–Trinajstić information content (AvgIpc) is 2.36. The van der Waals surface area contributed by atoms with E-state index in [-0.39, 0.29) is 5.91 Å². The minimum absolute atomic E-state index is 0.310. The molecule has 0 spiro atoms. The first kappa shape index (κ1) is 16.5. The Morgan fingerprint density at radius 2 is 1.85 bits per heavy atom. The first-order valence-electron chi connectivity index (χ1n) is 7.07. The average molecular weight is 278 g/mol. The van der Waals surface area contributed by atoms with Crippen molar-refractivity contribution in [2.45, 2.75) is 45.6 Å². The molecule has 4 nitrogen and oxygen atoms in total. The second-order valence-corrected chi connectivity index (χ2v) is 5.58. The van der Waals surface area contributed by atoms with Crippen molar-refractivity contribution in [3.8, 4) is 5.75 Å². The number of unbranched alkanes of at least 4 members (excludes halogenated alkanes) is 1. The largest absolute Gasteiger partial charge is 0.494 e. The lowest BCUT2D eigenvalue weighted by Crippen LogP contribution is -2.51. The van der Waals surface area contributed by atoms with E-state index in [0.717, 1.165) is 25.0 Å². The highest BCUT2D eigenvalue weighted by molar-refractivity contribution is 5.84. The van der Waals surface area contributed by atoms with E-state index in [1.807, 2.05) is 19.1 Å². The maximum Gasteiger partial charge on any atom is 0.237 e. The number of hydrogen-bond acceptors (Lipinski definition) is 3. The van der Waals surface area contributed by atoms with Gasteiger partial charge in [-0.15, -0.1) is 0 Å². The van der Waals surface area contributed by atoms with E-state index in [0.29, 0.717) is 6.61 Å². The zero-order valence-electron chi connectivity index (χ0n) is 13.0. The van der Waals surface area contributed by atoms with Gasteiger partial charge in [-0.25, -0.2) is 0 Å². The molecule has 0 fully saturated rings. The predicted molar refractivity (Wildman–Crippen MR) is 81.9 cm³/mol. The van der Waals surface area contributed by atoms with Gasteiger partial charge in [0.2, 0.25) is 5.91 Å². The standard InChI is InChI=1S/C16H26N2O2/c1-12-9-13(2)11-14(10-12)20-8-6-5-7-16(3,18-4)15(17)19/h9-11,18H,5-8H2,1-4H3,(H2,17,19). The van der Waals surface area contributed by atoms with Crippen LogP contribution in [0.4, 0.5) is 0 Å². The van der Waals surface area contributed by atoms with Crippen LogP contribution < -0.4 is 15.8 Å². The monoisotopic (exact) mass is 278 g/mol. The normalized spacial score (nSPS) is 13.8.